The van der Waals surface area contributed by atoms with Crippen LogP contribution in [-0.2, 0) is 0 Å². The molecule has 1 aliphatic heterocycles. The molecule has 1 fully saturated rings. The van der Waals surface area contributed by atoms with Gasteiger partial charge in [-0.2, -0.15) is 4.98 Å². The van der Waals surface area contributed by atoms with Gasteiger partial charge < -0.3 is 24.7 Å². The van der Waals surface area contributed by atoms with E-state index in [2.05, 4.69) is 35.5 Å². The number of amides is 1. The van der Waals surface area contributed by atoms with Gasteiger partial charge in [0.1, 0.15) is 11.4 Å². The first-order valence-corrected chi connectivity index (χ1v) is 9.22. The van der Waals surface area contributed by atoms with E-state index in [1.807, 2.05) is 24.4 Å². The molecule has 0 saturated carbocycles. The molecule has 10 nitrogen and oxygen atoms in total. The maximum absolute atomic E-state index is 12.8. The van der Waals surface area contributed by atoms with Crippen molar-refractivity contribution in [2.75, 3.05) is 43.0 Å². The number of nitrogens with one attached hydrogen (secondary N) is 2. The predicted molar refractivity (Wildman–Crippen MR) is 104 cm³/mol. The molecule has 10 heteroatoms. The lowest BCUT2D eigenvalue weighted by Gasteiger charge is -2.27. The van der Waals surface area contributed by atoms with Crippen molar-refractivity contribution >= 4 is 23.3 Å². The molecule has 0 radical (unpaired) electrons. The number of carbonyl (C=O) groups is 1. The summed E-state index contributed by atoms with van der Waals surface area (Å²) in [6.07, 6.45) is 6.69. The molecule has 0 atom stereocenters. The Kier molecular flexibility index (Phi) is 5.02. The fourth-order valence-corrected chi connectivity index (χ4v) is 3.05. The van der Waals surface area contributed by atoms with Crippen LogP contribution in [0.3, 0.4) is 0 Å². The quantitative estimate of drug-likeness (QED) is 0.670. The number of ether oxygens (including phenoxy) is 1. The van der Waals surface area contributed by atoms with Crippen LogP contribution in [0, 0.1) is 6.92 Å². The molecule has 0 unspecified atom stereocenters. The summed E-state index contributed by atoms with van der Waals surface area (Å²) in [5.41, 5.74) is 1.86. The molecule has 3 aromatic heterocycles. The molecular weight excluding hydrogens is 360 g/mol. The molecule has 3 aromatic rings. The van der Waals surface area contributed by atoms with Crippen LogP contribution in [0.2, 0.25) is 0 Å². The van der Waals surface area contributed by atoms with Gasteiger partial charge >= 0.3 is 0 Å². The Hall–Kier alpha value is -3.27. The van der Waals surface area contributed by atoms with Crippen LogP contribution in [0.1, 0.15) is 23.0 Å². The van der Waals surface area contributed by atoms with Gasteiger partial charge in [-0.05, 0) is 13.8 Å². The van der Waals surface area contributed by atoms with Crippen molar-refractivity contribution < 1.29 is 9.53 Å². The van der Waals surface area contributed by atoms with E-state index in [-0.39, 0.29) is 17.4 Å². The van der Waals surface area contributed by atoms with Crippen LogP contribution in [0.15, 0.2) is 24.8 Å². The van der Waals surface area contributed by atoms with Crippen LogP contribution in [0.25, 0.3) is 5.65 Å². The third-order valence-corrected chi connectivity index (χ3v) is 4.37. The number of hydrogen-bond donors (Lipinski definition) is 2. The molecule has 1 amide bonds. The molecular formula is C18H22N8O2. The monoisotopic (exact) mass is 382 g/mol. The lowest BCUT2D eigenvalue weighted by Crippen LogP contribution is -2.44. The Morgan fingerprint density at radius 1 is 1.21 bits per heavy atom. The second kappa shape index (κ2) is 7.77. The number of anilines is 2. The minimum absolute atomic E-state index is 0.267. The lowest BCUT2D eigenvalue weighted by atomic mass is 10.3. The Morgan fingerprint density at radius 3 is 2.82 bits per heavy atom. The van der Waals surface area contributed by atoms with Gasteiger partial charge in [-0.25, -0.2) is 15.0 Å². The highest BCUT2D eigenvalue weighted by molar-refractivity contribution is 6.05. The molecule has 0 bridgehead atoms. The highest BCUT2D eigenvalue weighted by atomic mass is 16.5. The van der Waals surface area contributed by atoms with Gasteiger partial charge in [0.05, 0.1) is 24.7 Å². The maximum Gasteiger partial charge on any atom is 0.263 e. The summed E-state index contributed by atoms with van der Waals surface area (Å²) in [5, 5.41) is 6.06. The Morgan fingerprint density at radius 2 is 2.04 bits per heavy atom. The molecule has 0 aliphatic carbocycles. The molecule has 4 rings (SSSR count). The number of carbonyl (C=O) groups excluding carboxylic acids is 1. The number of imidazole rings is 1. The fraction of sp³-hybridized carbons (Fsp3) is 0.389. The van der Waals surface area contributed by atoms with Crippen molar-refractivity contribution in [2.45, 2.75) is 13.8 Å². The van der Waals surface area contributed by atoms with Crippen LogP contribution >= 0.6 is 0 Å². The van der Waals surface area contributed by atoms with Gasteiger partial charge in [-0.1, -0.05) is 0 Å². The molecule has 2 N–H and O–H groups in total. The normalized spacial score (nSPS) is 14.3. The Bertz CT molecular complexity index is 996. The highest BCUT2D eigenvalue weighted by Crippen LogP contribution is 2.20. The van der Waals surface area contributed by atoms with Crippen molar-refractivity contribution in [2.24, 2.45) is 0 Å². The maximum atomic E-state index is 12.8. The molecule has 146 valence electrons. The zero-order valence-corrected chi connectivity index (χ0v) is 15.8. The molecule has 1 saturated heterocycles. The largest absolute Gasteiger partial charge is 0.477 e. The number of rotatable bonds is 5. The number of aryl methyl sites for hydroxylation is 1. The number of aromatic nitrogens is 5. The van der Waals surface area contributed by atoms with E-state index in [1.54, 1.807) is 12.4 Å². The minimum atomic E-state index is -0.376. The van der Waals surface area contributed by atoms with Crippen molar-refractivity contribution in [3.63, 3.8) is 0 Å². The van der Waals surface area contributed by atoms with Crippen molar-refractivity contribution in [3.8, 4) is 5.88 Å². The average Bonchev–Trinajstić information content (AvgIpc) is 3.08. The zero-order valence-electron chi connectivity index (χ0n) is 15.8. The van der Waals surface area contributed by atoms with Gasteiger partial charge in [-0.15, -0.1) is 0 Å². The number of hydrogen-bond acceptors (Lipinski definition) is 8. The van der Waals surface area contributed by atoms with Crippen molar-refractivity contribution in [1.82, 2.24) is 29.7 Å². The Balaban J connectivity index is 1.57. The number of nitrogens with zero attached hydrogens (tertiary/aromatic N) is 6. The van der Waals surface area contributed by atoms with Gasteiger partial charge in [0.15, 0.2) is 5.65 Å². The average molecular weight is 382 g/mol. The van der Waals surface area contributed by atoms with Gasteiger partial charge in [-0.3, -0.25) is 4.79 Å². The first-order valence-electron chi connectivity index (χ1n) is 9.22. The SMILES string of the molecule is CCOc1nc(N2CCNCC2)ncc1C(=O)Nc1cn2cc(C)nc2cn1. The van der Waals surface area contributed by atoms with E-state index in [9.17, 15) is 4.79 Å². The van der Waals surface area contributed by atoms with Crippen LogP contribution < -0.4 is 20.3 Å². The zero-order chi connectivity index (χ0) is 19.5. The molecule has 4 heterocycles. The van der Waals surface area contributed by atoms with E-state index in [0.717, 1.165) is 31.9 Å². The number of fused-ring (bicyclic) bond motifs is 1. The van der Waals surface area contributed by atoms with Crippen LogP contribution in [-0.4, -0.2) is 63.0 Å². The molecule has 28 heavy (non-hydrogen) atoms. The minimum Gasteiger partial charge on any atom is -0.477 e. The standard InChI is InChI=1S/C18H22N8O2/c1-3-28-17-13(8-21-18(24-17)25-6-4-19-5-7-25)16(27)23-14-11-26-10-12(2)22-15(26)9-20-14/h8-11,19H,3-7H2,1-2H3,(H,23,27). The summed E-state index contributed by atoms with van der Waals surface area (Å²) < 4.78 is 7.42. The summed E-state index contributed by atoms with van der Waals surface area (Å²) >= 11 is 0. The van der Waals surface area contributed by atoms with E-state index < -0.39 is 0 Å². The summed E-state index contributed by atoms with van der Waals surface area (Å²) in [6.45, 7) is 7.52. The van der Waals surface area contributed by atoms with Gasteiger partial charge in [0.2, 0.25) is 11.8 Å². The van der Waals surface area contributed by atoms with Gasteiger partial charge in [0.25, 0.3) is 5.91 Å². The van der Waals surface area contributed by atoms with Crippen LogP contribution in [0.5, 0.6) is 5.88 Å². The summed E-state index contributed by atoms with van der Waals surface area (Å²) in [6, 6.07) is 0. The van der Waals surface area contributed by atoms with E-state index in [4.69, 9.17) is 4.74 Å². The van der Waals surface area contributed by atoms with Gasteiger partial charge in [0, 0.05) is 38.6 Å². The third kappa shape index (κ3) is 3.72. The van der Waals surface area contributed by atoms with Crippen molar-refractivity contribution in [1.29, 1.82) is 0 Å². The van der Waals surface area contributed by atoms with E-state index >= 15 is 0 Å². The first kappa shape index (κ1) is 18.1. The molecule has 0 spiro atoms. The fourth-order valence-electron chi connectivity index (χ4n) is 3.05. The smallest absolute Gasteiger partial charge is 0.263 e. The summed E-state index contributed by atoms with van der Waals surface area (Å²) in [4.78, 5) is 32.3. The third-order valence-electron chi connectivity index (χ3n) is 4.37. The van der Waals surface area contributed by atoms with E-state index in [1.165, 1.54) is 6.20 Å². The summed E-state index contributed by atoms with van der Waals surface area (Å²) in [7, 11) is 0. The second-order valence-corrected chi connectivity index (χ2v) is 6.43. The highest BCUT2D eigenvalue weighted by Gasteiger charge is 2.20. The predicted octanol–water partition coefficient (Wildman–Crippen LogP) is 0.888. The van der Waals surface area contributed by atoms with E-state index in [0.29, 0.717) is 24.0 Å². The topological polar surface area (TPSA) is 110 Å². The Labute approximate surface area is 162 Å². The molecule has 0 aromatic carbocycles. The lowest BCUT2D eigenvalue weighted by molar-refractivity contribution is 0.102. The van der Waals surface area contributed by atoms with Crippen LogP contribution in [0.4, 0.5) is 11.8 Å². The van der Waals surface area contributed by atoms with Crippen molar-refractivity contribution in [3.05, 3.63) is 36.0 Å². The molecule has 1 aliphatic rings. The first-order chi connectivity index (χ1) is 13.6. The number of piperazine rings is 1. The summed E-state index contributed by atoms with van der Waals surface area (Å²) in [5.74, 6) is 0.862. The second-order valence-electron chi connectivity index (χ2n) is 6.43.